The normalized spacial score (nSPS) is 14.8. The Morgan fingerprint density at radius 3 is 2.18 bits per heavy atom. The molecular weight excluding hydrogens is 650 g/mol. The minimum atomic E-state index is -0.777. The molecule has 1 aliphatic heterocycles. The Labute approximate surface area is 296 Å². The third-order valence-electron chi connectivity index (χ3n) is 9.05. The summed E-state index contributed by atoms with van der Waals surface area (Å²) < 4.78 is 14.1. The van der Waals surface area contributed by atoms with Gasteiger partial charge in [-0.3, -0.25) is 4.79 Å². The van der Waals surface area contributed by atoms with Gasteiger partial charge in [0.1, 0.15) is 17.0 Å². The van der Waals surface area contributed by atoms with Gasteiger partial charge >= 0.3 is 12.1 Å². The van der Waals surface area contributed by atoms with Gasteiger partial charge in [-0.2, -0.15) is 0 Å². The van der Waals surface area contributed by atoms with E-state index in [1.165, 1.54) is 11.8 Å². The fraction of sp³-hybridized carbons (Fsp3) is 0.432. The number of nitrogens with zero attached hydrogens (tertiary/aromatic N) is 8. The molecule has 1 saturated heterocycles. The Bertz CT molecular complexity index is 2020. The standard InChI is InChI=1S/C37H45N9O5/c1-7-10-24(2)45-22-31(39-41-45)25-17-26(19-27(18-25)34(47)43-13-15-44(16-14-43)36(49)51-37(3,4)5)32-23-46(42-40-32)33(35(48)50-6)20-28-21-38-30-12-9-8-11-29(28)30/h8-9,11-12,17-19,21-24,33,38H,7,10,13-16,20H2,1-6H3/t24-,33+/m1/s1. The number of esters is 1. The lowest BCUT2D eigenvalue weighted by Crippen LogP contribution is -2.51. The van der Waals surface area contributed by atoms with Crippen LogP contribution in [0.5, 0.6) is 0 Å². The van der Waals surface area contributed by atoms with Crippen LogP contribution in [0.2, 0.25) is 0 Å². The SMILES string of the molecule is CCC[C@@H](C)n1cc(-c2cc(C(=O)N3CCN(C(=O)OC(C)(C)C)CC3)cc(-c3cn([C@@H](Cc4c[nH]c5ccccc45)C(=O)OC)nn3)c2)nn1. The minimum absolute atomic E-state index is 0.161. The highest BCUT2D eigenvalue weighted by molar-refractivity contribution is 5.97. The second-order valence-electron chi connectivity index (χ2n) is 14.0. The van der Waals surface area contributed by atoms with Gasteiger partial charge in [-0.05, 0) is 63.9 Å². The quantitative estimate of drug-likeness (QED) is 0.181. The van der Waals surface area contributed by atoms with Crippen molar-refractivity contribution in [3.05, 3.63) is 72.2 Å². The highest BCUT2D eigenvalue weighted by atomic mass is 16.6. The van der Waals surface area contributed by atoms with Crippen molar-refractivity contribution in [3.63, 3.8) is 0 Å². The Balaban J connectivity index is 1.31. The predicted molar refractivity (Wildman–Crippen MR) is 191 cm³/mol. The van der Waals surface area contributed by atoms with Gasteiger partial charge in [0.05, 0.1) is 25.5 Å². The summed E-state index contributed by atoms with van der Waals surface area (Å²) in [6.07, 6.45) is 7.37. The van der Waals surface area contributed by atoms with Crippen molar-refractivity contribution < 1.29 is 23.9 Å². The lowest BCUT2D eigenvalue weighted by Gasteiger charge is -2.35. The van der Waals surface area contributed by atoms with Crippen molar-refractivity contribution >= 4 is 28.9 Å². The number of para-hydroxylation sites is 1. The maximum Gasteiger partial charge on any atom is 0.410 e. The molecule has 4 heterocycles. The zero-order valence-corrected chi connectivity index (χ0v) is 30.0. The number of methoxy groups -OCH3 is 1. The molecule has 2 atom stereocenters. The Kier molecular flexibility index (Phi) is 10.2. The van der Waals surface area contributed by atoms with Crippen LogP contribution in [0.25, 0.3) is 33.4 Å². The Morgan fingerprint density at radius 2 is 1.53 bits per heavy atom. The van der Waals surface area contributed by atoms with Gasteiger partial charge in [0.25, 0.3) is 5.91 Å². The van der Waals surface area contributed by atoms with Crippen LogP contribution in [0.3, 0.4) is 0 Å². The average molecular weight is 696 g/mol. The lowest BCUT2D eigenvalue weighted by atomic mass is 10.0. The molecule has 51 heavy (non-hydrogen) atoms. The topological polar surface area (TPSA) is 153 Å². The van der Waals surface area contributed by atoms with E-state index in [-0.39, 0.29) is 11.9 Å². The number of aromatic amines is 1. The van der Waals surface area contributed by atoms with Crippen molar-refractivity contribution in [2.45, 2.75) is 71.6 Å². The van der Waals surface area contributed by atoms with Crippen LogP contribution >= 0.6 is 0 Å². The number of H-pyrrole nitrogens is 1. The van der Waals surface area contributed by atoms with Crippen molar-refractivity contribution in [3.8, 4) is 22.5 Å². The molecule has 268 valence electrons. The van der Waals surface area contributed by atoms with E-state index in [0.29, 0.717) is 60.7 Å². The Morgan fingerprint density at radius 1 is 0.902 bits per heavy atom. The molecule has 0 radical (unpaired) electrons. The van der Waals surface area contributed by atoms with Gasteiger partial charge in [-0.25, -0.2) is 19.0 Å². The van der Waals surface area contributed by atoms with E-state index in [9.17, 15) is 14.4 Å². The van der Waals surface area contributed by atoms with E-state index in [1.807, 2.05) is 74.2 Å². The molecule has 0 saturated carbocycles. The molecular formula is C37H45N9O5. The summed E-state index contributed by atoms with van der Waals surface area (Å²) in [5.41, 5.74) is 4.14. The molecule has 2 amide bonds. The number of nitrogens with one attached hydrogen (secondary N) is 1. The van der Waals surface area contributed by atoms with Gasteiger partial charge in [0.15, 0.2) is 6.04 Å². The van der Waals surface area contributed by atoms with Gasteiger partial charge in [0, 0.05) is 66.4 Å². The first-order chi connectivity index (χ1) is 24.4. The van der Waals surface area contributed by atoms with Gasteiger partial charge in [-0.1, -0.05) is 42.0 Å². The van der Waals surface area contributed by atoms with Crippen LogP contribution in [0.15, 0.2) is 61.1 Å². The number of amides is 2. The molecule has 1 aliphatic rings. The van der Waals surface area contributed by atoms with Crippen molar-refractivity contribution in [1.82, 2.24) is 44.8 Å². The number of hydrogen-bond acceptors (Lipinski definition) is 9. The monoisotopic (exact) mass is 695 g/mol. The summed E-state index contributed by atoms with van der Waals surface area (Å²) in [5.74, 6) is -0.641. The third-order valence-corrected chi connectivity index (χ3v) is 9.05. The summed E-state index contributed by atoms with van der Waals surface area (Å²) in [5, 5.41) is 18.7. The van der Waals surface area contributed by atoms with Crippen molar-refractivity contribution in [2.75, 3.05) is 33.3 Å². The maximum absolute atomic E-state index is 14.0. The lowest BCUT2D eigenvalue weighted by molar-refractivity contribution is -0.144. The number of carbonyl (C=O) groups excluding carboxylic acids is 3. The number of rotatable bonds is 10. The summed E-state index contributed by atoms with van der Waals surface area (Å²) in [6.45, 7) is 11.1. The van der Waals surface area contributed by atoms with Crippen LogP contribution in [-0.4, -0.2) is 102 Å². The number of aromatic nitrogens is 7. The number of benzene rings is 2. The molecule has 0 spiro atoms. The highest BCUT2D eigenvalue weighted by Crippen LogP contribution is 2.30. The molecule has 1 fully saturated rings. The third kappa shape index (κ3) is 7.95. The first-order valence-corrected chi connectivity index (χ1v) is 17.3. The molecule has 14 heteroatoms. The van der Waals surface area contributed by atoms with Gasteiger partial charge in [0.2, 0.25) is 0 Å². The van der Waals surface area contributed by atoms with E-state index in [4.69, 9.17) is 9.47 Å². The number of ether oxygens (including phenoxy) is 2. The summed E-state index contributed by atoms with van der Waals surface area (Å²) in [4.78, 5) is 46.4. The van der Waals surface area contributed by atoms with Crippen molar-refractivity contribution in [2.24, 2.45) is 0 Å². The first kappa shape index (κ1) is 35.3. The zero-order valence-electron chi connectivity index (χ0n) is 30.0. The number of fused-ring (bicyclic) bond motifs is 1. The van der Waals surface area contributed by atoms with Crippen LogP contribution in [0.4, 0.5) is 4.79 Å². The molecule has 6 rings (SSSR count). The molecule has 0 bridgehead atoms. The van der Waals surface area contributed by atoms with Crippen LogP contribution in [0, 0.1) is 0 Å². The second-order valence-corrected chi connectivity index (χ2v) is 14.0. The zero-order chi connectivity index (χ0) is 36.3. The van der Waals surface area contributed by atoms with Gasteiger partial charge < -0.3 is 24.3 Å². The van der Waals surface area contributed by atoms with Crippen LogP contribution in [-0.2, 0) is 20.7 Å². The number of piperazine rings is 1. The number of carbonyl (C=O) groups is 3. The molecule has 14 nitrogen and oxygen atoms in total. The summed E-state index contributed by atoms with van der Waals surface area (Å²) in [6, 6.07) is 12.8. The van der Waals surface area contributed by atoms with E-state index in [1.54, 1.807) is 22.1 Å². The molecule has 3 aromatic heterocycles. The molecule has 5 aromatic rings. The van der Waals surface area contributed by atoms with E-state index >= 15 is 0 Å². The fourth-order valence-corrected chi connectivity index (χ4v) is 6.31. The second kappa shape index (κ2) is 14.8. The average Bonchev–Trinajstić information content (AvgIpc) is 3.90. The largest absolute Gasteiger partial charge is 0.467 e. The maximum atomic E-state index is 14.0. The molecule has 2 aromatic carbocycles. The molecule has 0 unspecified atom stereocenters. The first-order valence-electron chi connectivity index (χ1n) is 17.3. The smallest absolute Gasteiger partial charge is 0.410 e. The summed E-state index contributed by atoms with van der Waals surface area (Å²) >= 11 is 0. The molecule has 1 N–H and O–H groups in total. The van der Waals surface area contributed by atoms with Crippen molar-refractivity contribution in [1.29, 1.82) is 0 Å². The minimum Gasteiger partial charge on any atom is -0.467 e. The summed E-state index contributed by atoms with van der Waals surface area (Å²) in [7, 11) is 1.35. The number of hydrogen-bond donors (Lipinski definition) is 1. The van der Waals surface area contributed by atoms with Crippen LogP contribution in [0.1, 0.15) is 75.5 Å². The van der Waals surface area contributed by atoms with E-state index < -0.39 is 23.7 Å². The van der Waals surface area contributed by atoms with Gasteiger partial charge in [-0.15, -0.1) is 10.2 Å². The highest BCUT2D eigenvalue weighted by Gasteiger charge is 2.29. The Hall–Kier alpha value is -5.53. The molecule has 0 aliphatic carbocycles. The fourth-order valence-electron chi connectivity index (χ4n) is 6.31. The predicted octanol–water partition coefficient (Wildman–Crippen LogP) is 5.70. The van der Waals surface area contributed by atoms with E-state index in [2.05, 4.69) is 39.5 Å². The van der Waals surface area contributed by atoms with Crippen LogP contribution < -0.4 is 0 Å². The van der Waals surface area contributed by atoms with E-state index in [0.717, 1.165) is 29.3 Å².